The molecule has 160 valence electrons. The van der Waals surface area contributed by atoms with Crippen LogP contribution in [-0.2, 0) is 13.0 Å². The topological polar surface area (TPSA) is 85.5 Å². The lowest BCUT2D eigenvalue weighted by molar-refractivity contribution is 0.295. The van der Waals surface area contributed by atoms with Crippen LogP contribution in [0.5, 0.6) is 6.01 Å². The highest BCUT2D eigenvalue weighted by molar-refractivity contribution is 5.61. The third-order valence-electron chi connectivity index (χ3n) is 4.98. The summed E-state index contributed by atoms with van der Waals surface area (Å²) in [6, 6.07) is 17.9. The molecule has 0 fully saturated rings. The number of rotatable bonds is 8. The van der Waals surface area contributed by atoms with Crippen molar-refractivity contribution in [3.8, 4) is 17.3 Å². The van der Waals surface area contributed by atoms with Gasteiger partial charge in [-0.25, -0.2) is 0 Å². The van der Waals surface area contributed by atoms with Gasteiger partial charge in [-0.1, -0.05) is 24.3 Å². The molecule has 0 saturated carbocycles. The van der Waals surface area contributed by atoms with E-state index in [4.69, 9.17) is 4.74 Å². The first kappa shape index (κ1) is 21.2. The first-order valence-corrected chi connectivity index (χ1v) is 10.4. The minimum Gasteiger partial charge on any atom is -0.463 e. The van der Waals surface area contributed by atoms with Crippen molar-refractivity contribution in [1.29, 1.82) is 0 Å². The van der Waals surface area contributed by atoms with E-state index in [0.717, 1.165) is 16.8 Å². The number of aryl methyl sites for hydroxylation is 2. The lowest BCUT2D eigenvalue weighted by Crippen LogP contribution is -2.05. The number of hydrogen-bond donors (Lipinski definition) is 0. The molecule has 0 bridgehead atoms. The molecule has 3 aromatic heterocycles. The highest BCUT2D eigenvalue weighted by Gasteiger charge is 2.08. The molecule has 4 aromatic rings. The summed E-state index contributed by atoms with van der Waals surface area (Å²) in [6.07, 6.45) is 5.87. The van der Waals surface area contributed by atoms with E-state index in [1.165, 1.54) is 11.1 Å². The van der Waals surface area contributed by atoms with E-state index in [-0.39, 0.29) is 6.01 Å². The second-order valence-corrected chi connectivity index (χ2v) is 7.37. The molecule has 0 aliphatic heterocycles. The number of benzene rings is 1. The highest BCUT2D eigenvalue weighted by Crippen LogP contribution is 2.24. The fourth-order valence-corrected chi connectivity index (χ4v) is 3.08. The summed E-state index contributed by atoms with van der Waals surface area (Å²) in [6.45, 7) is 5.08. The van der Waals surface area contributed by atoms with Gasteiger partial charge in [0.05, 0.1) is 18.8 Å². The van der Waals surface area contributed by atoms with Gasteiger partial charge in [0, 0.05) is 42.3 Å². The summed E-state index contributed by atoms with van der Waals surface area (Å²) in [5.74, 6) is 0.448. The van der Waals surface area contributed by atoms with Gasteiger partial charge in [-0.05, 0) is 54.8 Å². The van der Waals surface area contributed by atoms with Gasteiger partial charge in [0.2, 0.25) is 0 Å². The number of hydrogen-bond acceptors (Lipinski definition) is 7. The average Bonchev–Trinajstić information content (AvgIpc) is 2.83. The molecule has 0 aliphatic rings. The number of pyridine rings is 2. The third kappa shape index (κ3) is 5.78. The summed E-state index contributed by atoms with van der Waals surface area (Å²) in [4.78, 5) is 17.3. The predicted molar refractivity (Wildman–Crippen MR) is 123 cm³/mol. The molecule has 32 heavy (non-hydrogen) atoms. The van der Waals surface area contributed by atoms with Crippen molar-refractivity contribution in [2.24, 2.45) is 10.2 Å². The van der Waals surface area contributed by atoms with Gasteiger partial charge in [0.25, 0.3) is 0 Å². The van der Waals surface area contributed by atoms with Crippen LogP contribution in [-0.4, -0.2) is 26.5 Å². The summed E-state index contributed by atoms with van der Waals surface area (Å²) in [5.41, 5.74) is 6.16. The molecular formula is C25H24N6O. The first-order chi connectivity index (χ1) is 15.7. The van der Waals surface area contributed by atoms with Crippen molar-refractivity contribution < 1.29 is 4.74 Å². The van der Waals surface area contributed by atoms with Crippen molar-refractivity contribution in [2.75, 3.05) is 6.61 Å². The van der Waals surface area contributed by atoms with Crippen molar-refractivity contribution in [1.82, 2.24) is 19.9 Å². The zero-order valence-electron chi connectivity index (χ0n) is 18.1. The van der Waals surface area contributed by atoms with Gasteiger partial charge < -0.3 is 4.74 Å². The van der Waals surface area contributed by atoms with E-state index < -0.39 is 0 Å². The summed E-state index contributed by atoms with van der Waals surface area (Å²) in [7, 11) is 0. The summed E-state index contributed by atoms with van der Waals surface area (Å²) in [5, 5.41) is 8.68. The van der Waals surface area contributed by atoms with Crippen LogP contribution in [0.1, 0.15) is 22.4 Å². The number of aromatic nitrogens is 4. The third-order valence-corrected chi connectivity index (χ3v) is 4.98. The normalized spacial score (nSPS) is 11.1. The zero-order chi connectivity index (χ0) is 22.2. The van der Waals surface area contributed by atoms with E-state index in [2.05, 4.69) is 62.2 Å². The van der Waals surface area contributed by atoms with Crippen molar-refractivity contribution in [3.63, 3.8) is 0 Å². The Labute approximate surface area is 187 Å². The molecule has 3 heterocycles. The lowest BCUT2D eigenvalue weighted by Gasteiger charge is -2.07. The monoisotopic (exact) mass is 424 g/mol. The van der Waals surface area contributed by atoms with Crippen LogP contribution in [0.2, 0.25) is 0 Å². The highest BCUT2D eigenvalue weighted by atomic mass is 16.5. The second-order valence-electron chi connectivity index (χ2n) is 7.37. The Morgan fingerprint density at radius 3 is 2.53 bits per heavy atom. The standard InChI is InChI=1S/C25H24N6O/c1-18-6-7-20(15-19(18)2)17-28-31-24-16-23(21-8-12-26-13-9-21)29-25(30-24)32-14-10-22-5-3-4-11-27-22/h3-9,11-13,15-16H,10,14,17H2,1-2H3. The molecule has 0 N–H and O–H groups in total. The molecule has 0 saturated heterocycles. The van der Waals surface area contributed by atoms with Crippen LogP contribution in [0, 0.1) is 13.8 Å². The Morgan fingerprint density at radius 2 is 1.75 bits per heavy atom. The molecule has 1 aromatic carbocycles. The van der Waals surface area contributed by atoms with Gasteiger partial charge in [-0.3, -0.25) is 9.97 Å². The molecule has 0 atom stereocenters. The minimum absolute atomic E-state index is 0.260. The van der Waals surface area contributed by atoms with E-state index >= 15 is 0 Å². The Bertz CT molecular complexity index is 1200. The fraction of sp³-hybridized carbons (Fsp3) is 0.200. The maximum absolute atomic E-state index is 5.83. The fourth-order valence-electron chi connectivity index (χ4n) is 3.08. The molecular weight excluding hydrogens is 400 g/mol. The molecule has 0 aliphatic carbocycles. The quantitative estimate of drug-likeness (QED) is 0.351. The van der Waals surface area contributed by atoms with Gasteiger partial charge in [-0.2, -0.15) is 15.1 Å². The molecule has 0 amide bonds. The Morgan fingerprint density at radius 1 is 0.875 bits per heavy atom. The molecule has 0 radical (unpaired) electrons. The van der Waals surface area contributed by atoms with E-state index in [0.29, 0.717) is 31.1 Å². The van der Waals surface area contributed by atoms with Crippen molar-refractivity contribution in [2.45, 2.75) is 26.8 Å². The first-order valence-electron chi connectivity index (χ1n) is 10.4. The molecule has 7 nitrogen and oxygen atoms in total. The van der Waals surface area contributed by atoms with Gasteiger partial charge in [-0.15, -0.1) is 5.11 Å². The Kier molecular flexibility index (Phi) is 6.87. The van der Waals surface area contributed by atoms with Crippen molar-refractivity contribution >= 4 is 5.82 Å². The van der Waals surface area contributed by atoms with Gasteiger partial charge in [0.1, 0.15) is 0 Å². The van der Waals surface area contributed by atoms with Crippen molar-refractivity contribution in [3.05, 3.63) is 95.6 Å². The van der Waals surface area contributed by atoms with Crippen LogP contribution in [0.25, 0.3) is 11.3 Å². The Hall–Kier alpha value is -4.00. The molecule has 4 rings (SSSR count). The van der Waals surface area contributed by atoms with E-state index in [1.54, 1.807) is 24.7 Å². The number of azo groups is 1. The number of nitrogens with zero attached hydrogens (tertiary/aromatic N) is 6. The second kappa shape index (κ2) is 10.3. The van der Waals surface area contributed by atoms with Gasteiger partial charge >= 0.3 is 6.01 Å². The number of ether oxygens (including phenoxy) is 1. The zero-order valence-corrected chi connectivity index (χ0v) is 18.1. The maximum atomic E-state index is 5.83. The average molecular weight is 425 g/mol. The summed E-state index contributed by atoms with van der Waals surface area (Å²) < 4.78 is 5.83. The lowest BCUT2D eigenvalue weighted by atomic mass is 10.1. The van der Waals surface area contributed by atoms with E-state index in [1.807, 2.05) is 30.3 Å². The molecule has 7 heteroatoms. The van der Waals surface area contributed by atoms with Crippen LogP contribution in [0.4, 0.5) is 5.82 Å². The SMILES string of the molecule is Cc1ccc(CN=Nc2cc(-c3ccncc3)nc(OCCc3ccccn3)n2)cc1C. The van der Waals surface area contributed by atoms with Gasteiger partial charge in [0.15, 0.2) is 5.82 Å². The summed E-state index contributed by atoms with van der Waals surface area (Å²) >= 11 is 0. The molecule has 0 spiro atoms. The Balaban J connectivity index is 1.52. The largest absolute Gasteiger partial charge is 0.463 e. The van der Waals surface area contributed by atoms with E-state index in [9.17, 15) is 0 Å². The van der Waals surface area contributed by atoms with Crippen LogP contribution >= 0.6 is 0 Å². The minimum atomic E-state index is 0.260. The predicted octanol–water partition coefficient (Wildman–Crippen LogP) is 5.46. The smallest absolute Gasteiger partial charge is 0.319 e. The van der Waals surface area contributed by atoms with Crippen LogP contribution < -0.4 is 4.74 Å². The maximum Gasteiger partial charge on any atom is 0.319 e. The van der Waals surface area contributed by atoms with Crippen LogP contribution in [0.3, 0.4) is 0 Å². The van der Waals surface area contributed by atoms with Crippen LogP contribution in [0.15, 0.2) is 83.4 Å². The molecule has 0 unspecified atom stereocenters.